The lowest BCUT2D eigenvalue weighted by Gasteiger charge is -2.34. The van der Waals surface area contributed by atoms with Crippen LogP contribution < -0.4 is 10.6 Å². The Bertz CT molecular complexity index is 1230. The van der Waals surface area contributed by atoms with Crippen molar-refractivity contribution in [2.45, 2.75) is 58.2 Å². The highest BCUT2D eigenvalue weighted by Gasteiger charge is 2.28. The molecule has 1 saturated heterocycles. The summed E-state index contributed by atoms with van der Waals surface area (Å²) in [5.41, 5.74) is 0.942. The molecule has 0 aliphatic carbocycles. The number of likely N-dealkylation sites (tertiary alicyclic amines) is 1. The van der Waals surface area contributed by atoms with Gasteiger partial charge in [0.25, 0.3) is 0 Å². The molecule has 1 aliphatic rings. The summed E-state index contributed by atoms with van der Waals surface area (Å²) >= 11 is 0. The molecule has 2 N–H and O–H groups in total. The van der Waals surface area contributed by atoms with E-state index in [0.717, 1.165) is 29.2 Å². The van der Waals surface area contributed by atoms with Crippen LogP contribution in [0.25, 0.3) is 10.8 Å². The number of fused-ring (bicyclic) bond motifs is 1. The van der Waals surface area contributed by atoms with Crippen molar-refractivity contribution >= 4 is 28.5 Å². The highest BCUT2D eigenvalue weighted by Crippen LogP contribution is 2.28. The minimum Gasteiger partial charge on any atom is -0.444 e. The Balaban J connectivity index is 1.55. The van der Waals surface area contributed by atoms with E-state index in [1.54, 1.807) is 17.2 Å². The summed E-state index contributed by atoms with van der Waals surface area (Å²) in [6.07, 6.45) is 3.29. The molecule has 3 aromatic rings. The van der Waals surface area contributed by atoms with Crippen molar-refractivity contribution in [3.63, 3.8) is 0 Å². The Morgan fingerprint density at radius 3 is 2.74 bits per heavy atom. The van der Waals surface area contributed by atoms with Crippen LogP contribution in [0.4, 0.5) is 16.4 Å². The molecule has 1 aliphatic heterocycles. The number of nitriles is 1. The van der Waals surface area contributed by atoms with Gasteiger partial charge in [0.15, 0.2) is 0 Å². The summed E-state index contributed by atoms with van der Waals surface area (Å²) in [7, 11) is 0. The Morgan fingerprint density at radius 1 is 1.26 bits per heavy atom. The highest BCUT2D eigenvalue weighted by molar-refractivity contribution is 5.93. The van der Waals surface area contributed by atoms with Gasteiger partial charge in [-0.1, -0.05) is 30.3 Å². The number of hydrogen-bond donors (Lipinski definition) is 2. The molecule has 0 radical (unpaired) electrons. The number of anilines is 2. The summed E-state index contributed by atoms with van der Waals surface area (Å²) in [6, 6.07) is 16.0. The Morgan fingerprint density at radius 2 is 2.03 bits per heavy atom. The van der Waals surface area contributed by atoms with E-state index in [0.29, 0.717) is 30.4 Å². The zero-order chi connectivity index (χ0) is 25.0. The van der Waals surface area contributed by atoms with Crippen molar-refractivity contribution in [2.75, 3.05) is 23.7 Å². The third-order valence-electron chi connectivity index (χ3n) is 5.91. The first-order chi connectivity index (χ1) is 16.7. The third kappa shape index (κ3) is 6.18. The molecule has 1 amide bonds. The average molecular weight is 473 g/mol. The Hall–Kier alpha value is -3.86. The Kier molecular flexibility index (Phi) is 7.06. The number of amides is 1. The lowest BCUT2D eigenvalue weighted by Crippen LogP contribution is -2.47. The summed E-state index contributed by atoms with van der Waals surface area (Å²) in [5.74, 6) is 1.34. The smallest absolute Gasteiger partial charge is 0.410 e. The van der Waals surface area contributed by atoms with Crippen molar-refractivity contribution in [2.24, 2.45) is 0 Å². The quantitative estimate of drug-likeness (QED) is 0.506. The summed E-state index contributed by atoms with van der Waals surface area (Å²) in [5, 5.41) is 18.1. The van der Waals surface area contributed by atoms with E-state index in [9.17, 15) is 10.1 Å². The maximum atomic E-state index is 12.5. The maximum absolute atomic E-state index is 12.5. The number of nitrogens with zero attached hydrogens (tertiary/aromatic N) is 4. The summed E-state index contributed by atoms with van der Waals surface area (Å²) in [4.78, 5) is 23.4. The zero-order valence-electron chi connectivity index (χ0n) is 20.7. The fraction of sp³-hybridized carbons (Fsp3) is 0.407. The number of pyridine rings is 2. The van der Waals surface area contributed by atoms with Crippen LogP contribution in [-0.2, 0) is 4.74 Å². The molecular weight excluding hydrogens is 440 g/mol. The molecule has 8 nitrogen and oxygen atoms in total. The second-order valence-electron chi connectivity index (χ2n) is 9.95. The molecule has 2 aromatic heterocycles. The zero-order valence-corrected chi connectivity index (χ0v) is 20.7. The van der Waals surface area contributed by atoms with Crippen molar-refractivity contribution in [3.8, 4) is 6.07 Å². The minimum atomic E-state index is -0.521. The van der Waals surface area contributed by atoms with Crippen LogP contribution in [-0.4, -0.2) is 45.7 Å². The molecule has 8 heteroatoms. The molecule has 1 aromatic carbocycles. The molecule has 4 rings (SSSR count). The number of nitrogens with one attached hydrogen (secondary N) is 2. The lowest BCUT2D eigenvalue weighted by atomic mass is 10.1. The van der Waals surface area contributed by atoms with E-state index >= 15 is 0 Å². The fourth-order valence-electron chi connectivity index (χ4n) is 4.22. The highest BCUT2D eigenvalue weighted by atomic mass is 16.6. The van der Waals surface area contributed by atoms with Crippen LogP contribution in [0, 0.1) is 11.3 Å². The van der Waals surface area contributed by atoms with E-state index in [2.05, 4.69) is 45.7 Å². The van der Waals surface area contributed by atoms with E-state index in [4.69, 9.17) is 4.74 Å². The van der Waals surface area contributed by atoms with E-state index in [1.807, 2.05) is 45.0 Å². The first-order valence-corrected chi connectivity index (χ1v) is 12.0. The van der Waals surface area contributed by atoms with Gasteiger partial charge in [-0.15, -0.1) is 0 Å². The predicted octanol–water partition coefficient (Wildman–Crippen LogP) is 5.49. The van der Waals surface area contributed by atoms with Gasteiger partial charge in [0, 0.05) is 42.1 Å². The van der Waals surface area contributed by atoms with Crippen molar-refractivity contribution in [1.82, 2.24) is 14.9 Å². The number of carbonyl (C=O) groups is 1. The molecule has 0 spiro atoms. The molecule has 182 valence electrons. The Labute approximate surface area is 206 Å². The molecule has 0 bridgehead atoms. The third-order valence-corrected chi connectivity index (χ3v) is 5.91. The summed E-state index contributed by atoms with van der Waals surface area (Å²) in [6.45, 7) is 8.93. The molecule has 0 unspecified atom stereocenters. The van der Waals surface area contributed by atoms with E-state index < -0.39 is 5.60 Å². The number of benzene rings is 1. The normalized spacial score (nSPS) is 16.9. The van der Waals surface area contributed by atoms with Crippen LogP contribution in [0.15, 0.2) is 48.7 Å². The van der Waals surface area contributed by atoms with Gasteiger partial charge in [-0.3, -0.25) is 0 Å². The molecule has 1 fully saturated rings. The van der Waals surface area contributed by atoms with Crippen LogP contribution in [0.2, 0.25) is 0 Å². The van der Waals surface area contributed by atoms with Gasteiger partial charge >= 0.3 is 6.09 Å². The second kappa shape index (κ2) is 10.2. The molecule has 35 heavy (non-hydrogen) atoms. The van der Waals surface area contributed by atoms with Gasteiger partial charge in [-0.05, 0) is 58.2 Å². The topological polar surface area (TPSA) is 103 Å². The van der Waals surface area contributed by atoms with Crippen molar-refractivity contribution in [3.05, 3.63) is 59.9 Å². The number of hydrogen-bond acceptors (Lipinski definition) is 7. The van der Waals surface area contributed by atoms with Gasteiger partial charge in [0.2, 0.25) is 0 Å². The molecule has 0 saturated carbocycles. The van der Waals surface area contributed by atoms with Crippen LogP contribution in [0.3, 0.4) is 0 Å². The molecular formula is C27H32N6O2. The van der Waals surface area contributed by atoms with Gasteiger partial charge in [-0.25, -0.2) is 14.8 Å². The lowest BCUT2D eigenvalue weighted by molar-refractivity contribution is 0.0206. The van der Waals surface area contributed by atoms with Crippen molar-refractivity contribution < 1.29 is 9.53 Å². The minimum absolute atomic E-state index is 0.00569. The number of aromatic nitrogens is 2. The summed E-state index contributed by atoms with van der Waals surface area (Å²) < 4.78 is 5.55. The largest absolute Gasteiger partial charge is 0.444 e. The molecule has 2 atom stereocenters. The monoisotopic (exact) mass is 472 g/mol. The number of carbonyl (C=O) groups excluding carboxylic acids is 1. The van der Waals surface area contributed by atoms with Gasteiger partial charge < -0.3 is 20.3 Å². The number of rotatable bonds is 5. The van der Waals surface area contributed by atoms with Crippen LogP contribution in [0.5, 0.6) is 0 Å². The molecule has 3 heterocycles. The van der Waals surface area contributed by atoms with Crippen LogP contribution in [0.1, 0.15) is 57.8 Å². The predicted molar refractivity (Wildman–Crippen MR) is 137 cm³/mol. The first kappa shape index (κ1) is 24.3. The van der Waals surface area contributed by atoms with Crippen molar-refractivity contribution in [1.29, 1.82) is 5.26 Å². The standard InChI is InChI=1S/C27H32N6O2/c1-18(19-9-6-5-7-10-19)30-25-23-14-24(29-16-20(23)13-22(15-28)32-25)31-21-11-8-12-33(17-21)26(34)35-27(2,3)4/h5-7,9-10,13-14,16,18,21H,8,11-12,17H2,1-4H3,(H,29,31)(H,30,32)/t18-,21+/m1/s1. The average Bonchev–Trinajstić information content (AvgIpc) is 2.83. The van der Waals surface area contributed by atoms with Gasteiger partial charge in [0.1, 0.15) is 29.0 Å². The number of ether oxygens (including phenoxy) is 1. The number of piperidine rings is 1. The van der Waals surface area contributed by atoms with E-state index in [1.165, 1.54) is 0 Å². The SMILES string of the molecule is C[C@@H](Nc1nc(C#N)cc2cnc(N[C@H]3CCCN(C(=O)OC(C)(C)C)C3)cc12)c1ccccc1. The first-order valence-electron chi connectivity index (χ1n) is 12.0. The van der Waals surface area contributed by atoms with Gasteiger partial charge in [0.05, 0.1) is 0 Å². The van der Waals surface area contributed by atoms with Gasteiger partial charge in [-0.2, -0.15) is 5.26 Å². The van der Waals surface area contributed by atoms with E-state index in [-0.39, 0.29) is 18.2 Å². The maximum Gasteiger partial charge on any atom is 0.410 e. The van der Waals surface area contributed by atoms with Crippen LogP contribution >= 0.6 is 0 Å². The fourth-order valence-corrected chi connectivity index (χ4v) is 4.22. The second-order valence-corrected chi connectivity index (χ2v) is 9.95.